The van der Waals surface area contributed by atoms with Crippen molar-refractivity contribution >= 4 is 28.5 Å². The van der Waals surface area contributed by atoms with E-state index in [1.807, 2.05) is 30.3 Å². The smallest absolute Gasteiger partial charge is 0.335 e. The molecule has 0 fully saturated rings. The van der Waals surface area contributed by atoms with Crippen LogP contribution in [0.4, 0.5) is 0 Å². The van der Waals surface area contributed by atoms with E-state index in [9.17, 15) is 9.90 Å². The molecule has 174 valence electrons. The number of aromatic nitrogens is 1. The maximum atomic E-state index is 11.4. The minimum atomic E-state index is -0.980. The number of benzene rings is 4. The van der Waals surface area contributed by atoms with Gasteiger partial charge >= 0.3 is 5.97 Å². The Morgan fingerprint density at radius 2 is 1.54 bits per heavy atom. The van der Waals surface area contributed by atoms with Crippen LogP contribution in [0.1, 0.15) is 38.7 Å². The molecular weight excluding hydrogens is 458 g/mol. The van der Waals surface area contributed by atoms with Crippen LogP contribution < -0.4 is 4.74 Å². The first-order chi connectivity index (χ1) is 17.0. The third-order valence-corrected chi connectivity index (χ3v) is 6.54. The summed E-state index contributed by atoms with van der Waals surface area (Å²) in [7, 11) is 1.56. The van der Waals surface area contributed by atoms with E-state index < -0.39 is 5.97 Å². The van der Waals surface area contributed by atoms with Crippen molar-refractivity contribution < 1.29 is 14.6 Å². The average Bonchev–Trinajstić information content (AvgIpc) is 3.22. The summed E-state index contributed by atoms with van der Waals surface area (Å²) in [6.45, 7) is 0. The fourth-order valence-electron chi connectivity index (χ4n) is 4.67. The summed E-state index contributed by atoms with van der Waals surface area (Å²) in [4.78, 5) is 11.4. The molecule has 0 saturated carbocycles. The third kappa shape index (κ3) is 4.53. The molecular formula is C30H24ClNO3. The molecule has 0 amide bonds. The first-order valence-electron chi connectivity index (χ1n) is 11.3. The Kier molecular flexibility index (Phi) is 6.30. The first kappa shape index (κ1) is 22.8. The Labute approximate surface area is 209 Å². The van der Waals surface area contributed by atoms with Gasteiger partial charge in [-0.25, -0.2) is 4.79 Å². The summed E-state index contributed by atoms with van der Waals surface area (Å²) >= 11 is 6.43. The lowest BCUT2D eigenvalue weighted by Crippen LogP contribution is -2.11. The van der Waals surface area contributed by atoms with Crippen LogP contribution in [0.3, 0.4) is 0 Å². The number of rotatable bonds is 7. The third-order valence-electron chi connectivity index (χ3n) is 6.30. The second-order valence-corrected chi connectivity index (χ2v) is 8.89. The van der Waals surface area contributed by atoms with Crippen molar-refractivity contribution in [1.29, 1.82) is 0 Å². The quantitative estimate of drug-likeness (QED) is 0.267. The number of aromatic carboxylic acids is 1. The van der Waals surface area contributed by atoms with Crippen LogP contribution in [0.5, 0.6) is 5.75 Å². The molecule has 0 aliphatic heterocycles. The van der Waals surface area contributed by atoms with E-state index in [4.69, 9.17) is 16.3 Å². The number of halogens is 1. The van der Waals surface area contributed by atoms with Crippen molar-refractivity contribution in [2.45, 2.75) is 12.5 Å². The largest absolute Gasteiger partial charge is 0.496 e. The molecule has 0 unspecified atom stereocenters. The predicted octanol–water partition coefficient (Wildman–Crippen LogP) is 7.23. The van der Waals surface area contributed by atoms with E-state index in [2.05, 4.69) is 65.4 Å². The zero-order chi connectivity index (χ0) is 24.4. The van der Waals surface area contributed by atoms with Gasteiger partial charge in [-0.15, -0.1) is 0 Å². The van der Waals surface area contributed by atoms with Gasteiger partial charge in [-0.2, -0.15) is 0 Å². The topological polar surface area (TPSA) is 51.5 Å². The van der Waals surface area contributed by atoms with Crippen LogP contribution in [0.25, 0.3) is 10.9 Å². The van der Waals surface area contributed by atoms with Gasteiger partial charge in [0.1, 0.15) is 5.75 Å². The van der Waals surface area contributed by atoms with Gasteiger partial charge in [-0.05, 0) is 52.6 Å². The molecule has 0 atom stereocenters. The van der Waals surface area contributed by atoms with Gasteiger partial charge < -0.3 is 14.4 Å². The van der Waals surface area contributed by atoms with Gasteiger partial charge in [0.25, 0.3) is 0 Å². The van der Waals surface area contributed by atoms with Gasteiger partial charge in [-0.1, -0.05) is 78.3 Å². The lowest BCUT2D eigenvalue weighted by atomic mass is 9.98. The Balaban J connectivity index is 1.68. The van der Waals surface area contributed by atoms with Crippen LogP contribution in [-0.4, -0.2) is 22.8 Å². The number of hydrogen-bond acceptors (Lipinski definition) is 2. The molecule has 0 saturated heterocycles. The first-order valence-corrected chi connectivity index (χ1v) is 11.7. The molecule has 35 heavy (non-hydrogen) atoms. The van der Waals surface area contributed by atoms with Crippen molar-refractivity contribution in [2.75, 3.05) is 7.11 Å². The second-order valence-electron chi connectivity index (χ2n) is 8.46. The van der Waals surface area contributed by atoms with E-state index in [0.717, 1.165) is 22.0 Å². The second kappa shape index (κ2) is 9.69. The number of ether oxygens (including phenoxy) is 1. The molecule has 0 aliphatic rings. The Bertz CT molecular complexity index is 1450. The number of carboxylic acid groups (broad SMARTS) is 1. The lowest BCUT2D eigenvalue weighted by molar-refractivity contribution is 0.0696. The van der Waals surface area contributed by atoms with Gasteiger partial charge in [0, 0.05) is 28.5 Å². The summed E-state index contributed by atoms with van der Waals surface area (Å²) in [5.74, 6) is -0.428. The van der Waals surface area contributed by atoms with Crippen LogP contribution in [-0.2, 0) is 6.42 Å². The van der Waals surface area contributed by atoms with Crippen molar-refractivity contribution in [2.24, 2.45) is 0 Å². The molecule has 1 heterocycles. The van der Waals surface area contributed by atoms with Gasteiger partial charge in [0.05, 0.1) is 18.7 Å². The predicted molar refractivity (Wildman–Crippen MR) is 140 cm³/mol. The summed E-state index contributed by atoms with van der Waals surface area (Å²) in [6, 6.07) is 31.8. The van der Waals surface area contributed by atoms with Crippen LogP contribution >= 0.6 is 11.6 Å². The molecule has 1 aromatic heterocycles. The Hall–Kier alpha value is -4.02. The molecule has 5 rings (SSSR count). The summed E-state index contributed by atoms with van der Waals surface area (Å²) in [6.07, 6.45) is 2.75. The maximum absolute atomic E-state index is 11.4. The van der Waals surface area contributed by atoms with Crippen molar-refractivity contribution in [3.05, 3.63) is 136 Å². The highest BCUT2D eigenvalue weighted by molar-refractivity contribution is 6.31. The molecule has 0 radical (unpaired) electrons. The summed E-state index contributed by atoms with van der Waals surface area (Å²) < 4.78 is 7.84. The number of nitrogens with zero attached hydrogens (tertiary/aromatic N) is 1. The minimum absolute atomic E-state index is 0.0221. The van der Waals surface area contributed by atoms with Gasteiger partial charge in [0.15, 0.2) is 0 Å². The van der Waals surface area contributed by atoms with E-state index in [1.54, 1.807) is 19.2 Å². The van der Waals surface area contributed by atoms with E-state index in [-0.39, 0.29) is 11.6 Å². The fourth-order valence-corrected chi connectivity index (χ4v) is 4.84. The SMILES string of the molecule is COc1cc(C(=O)O)ccc1Cc1cn(C(c2ccccc2)c2ccccc2)c2ccc(Cl)cc12. The van der Waals surface area contributed by atoms with Crippen molar-refractivity contribution in [1.82, 2.24) is 4.57 Å². The normalized spacial score (nSPS) is 11.2. The molecule has 4 aromatic carbocycles. The van der Waals surface area contributed by atoms with Crippen LogP contribution in [0.15, 0.2) is 103 Å². The molecule has 0 spiro atoms. The Morgan fingerprint density at radius 1 is 0.886 bits per heavy atom. The zero-order valence-electron chi connectivity index (χ0n) is 19.2. The van der Waals surface area contributed by atoms with Crippen LogP contribution in [0, 0.1) is 0 Å². The molecule has 5 aromatic rings. The highest BCUT2D eigenvalue weighted by Crippen LogP contribution is 2.36. The van der Waals surface area contributed by atoms with E-state index >= 15 is 0 Å². The number of methoxy groups -OCH3 is 1. The molecule has 4 nitrogen and oxygen atoms in total. The molecule has 0 bridgehead atoms. The summed E-state index contributed by atoms with van der Waals surface area (Å²) in [5.41, 5.74) is 5.63. The lowest BCUT2D eigenvalue weighted by Gasteiger charge is -2.21. The zero-order valence-corrected chi connectivity index (χ0v) is 19.9. The Morgan fingerprint density at radius 3 is 2.14 bits per heavy atom. The highest BCUT2D eigenvalue weighted by Gasteiger charge is 2.21. The van der Waals surface area contributed by atoms with E-state index in [1.165, 1.54) is 11.1 Å². The fraction of sp³-hybridized carbons (Fsp3) is 0.100. The van der Waals surface area contributed by atoms with Gasteiger partial charge in [-0.3, -0.25) is 0 Å². The van der Waals surface area contributed by atoms with Gasteiger partial charge in [0.2, 0.25) is 0 Å². The monoisotopic (exact) mass is 481 g/mol. The number of carboxylic acids is 1. The summed E-state index contributed by atoms with van der Waals surface area (Å²) in [5, 5.41) is 11.1. The maximum Gasteiger partial charge on any atom is 0.335 e. The molecule has 5 heteroatoms. The minimum Gasteiger partial charge on any atom is -0.496 e. The van der Waals surface area contributed by atoms with E-state index in [0.29, 0.717) is 17.2 Å². The number of carbonyl (C=O) groups is 1. The van der Waals surface area contributed by atoms with Crippen LogP contribution in [0.2, 0.25) is 5.02 Å². The highest BCUT2D eigenvalue weighted by atomic mass is 35.5. The average molecular weight is 482 g/mol. The molecule has 0 aliphatic carbocycles. The van der Waals surface area contributed by atoms with Crippen molar-refractivity contribution in [3.8, 4) is 5.75 Å². The molecule has 1 N–H and O–H groups in total. The number of fused-ring (bicyclic) bond motifs is 1. The standard InChI is InChI=1S/C30H24ClNO3/c1-35-28-17-23(30(33)34)13-12-22(28)16-24-19-32(27-15-14-25(31)18-26(24)27)29(20-8-4-2-5-9-20)21-10-6-3-7-11-21/h2-15,17-19,29H,16H2,1H3,(H,33,34). The van der Waals surface area contributed by atoms with Crippen molar-refractivity contribution in [3.63, 3.8) is 0 Å². The number of hydrogen-bond donors (Lipinski definition) is 1.